The van der Waals surface area contributed by atoms with Crippen LogP contribution in [0.15, 0.2) is 0 Å². The van der Waals surface area contributed by atoms with Crippen molar-refractivity contribution in [2.75, 3.05) is 20.6 Å². The molecule has 1 N–H and O–H groups in total. The van der Waals surface area contributed by atoms with Crippen LogP contribution in [0.5, 0.6) is 0 Å². The fraction of sp³-hybridized carbons (Fsp3) is 0.889. The summed E-state index contributed by atoms with van der Waals surface area (Å²) < 4.78 is 0. The molecule has 1 aliphatic rings. The van der Waals surface area contributed by atoms with Gasteiger partial charge in [0.15, 0.2) is 0 Å². The van der Waals surface area contributed by atoms with Gasteiger partial charge in [-0.1, -0.05) is 6.92 Å². The van der Waals surface area contributed by atoms with Gasteiger partial charge in [0.1, 0.15) is 0 Å². The molecule has 0 saturated heterocycles. The summed E-state index contributed by atoms with van der Waals surface area (Å²) in [5, 5.41) is 2.94. The van der Waals surface area contributed by atoms with Crippen molar-refractivity contribution in [1.82, 2.24) is 10.2 Å². The quantitative estimate of drug-likeness (QED) is 0.670. The zero-order chi connectivity index (χ0) is 9.19. The molecule has 0 bridgehead atoms. The van der Waals surface area contributed by atoms with Crippen LogP contribution in [0.25, 0.3) is 0 Å². The summed E-state index contributed by atoms with van der Waals surface area (Å²) in [7, 11) is 4.15. The van der Waals surface area contributed by atoms with E-state index in [0.29, 0.717) is 6.42 Å². The van der Waals surface area contributed by atoms with Gasteiger partial charge in [0.25, 0.3) is 0 Å². The summed E-state index contributed by atoms with van der Waals surface area (Å²) >= 11 is 0. The third-order valence-corrected chi connectivity index (χ3v) is 2.71. The first-order valence-corrected chi connectivity index (χ1v) is 4.55. The minimum atomic E-state index is 0.156. The summed E-state index contributed by atoms with van der Waals surface area (Å²) in [6, 6.07) is 0. The molecule has 3 nitrogen and oxygen atoms in total. The lowest BCUT2D eigenvalue weighted by atomic mass is 10.2. The monoisotopic (exact) mass is 170 g/mol. The van der Waals surface area contributed by atoms with Crippen LogP contribution in [-0.4, -0.2) is 37.0 Å². The SMILES string of the molecule is CCC(=O)NCC1(N(C)C)CC1. The van der Waals surface area contributed by atoms with Crippen LogP contribution in [0, 0.1) is 0 Å². The second-order valence-electron chi connectivity index (χ2n) is 3.75. The van der Waals surface area contributed by atoms with E-state index in [-0.39, 0.29) is 11.4 Å². The molecule has 0 spiro atoms. The van der Waals surface area contributed by atoms with E-state index in [0.717, 1.165) is 6.54 Å². The van der Waals surface area contributed by atoms with Crippen molar-refractivity contribution in [3.63, 3.8) is 0 Å². The molecular weight excluding hydrogens is 152 g/mol. The minimum Gasteiger partial charge on any atom is -0.354 e. The van der Waals surface area contributed by atoms with Gasteiger partial charge in [-0.05, 0) is 26.9 Å². The molecule has 0 aromatic heterocycles. The first-order valence-electron chi connectivity index (χ1n) is 4.55. The fourth-order valence-electron chi connectivity index (χ4n) is 1.31. The Balaban J connectivity index is 2.27. The molecule has 1 saturated carbocycles. The van der Waals surface area contributed by atoms with Gasteiger partial charge in [-0.3, -0.25) is 4.79 Å². The van der Waals surface area contributed by atoms with Gasteiger partial charge < -0.3 is 10.2 Å². The van der Waals surface area contributed by atoms with Gasteiger partial charge in [-0.2, -0.15) is 0 Å². The number of carbonyl (C=O) groups is 1. The normalized spacial score (nSPS) is 19.3. The van der Waals surface area contributed by atoms with Crippen molar-refractivity contribution in [3.05, 3.63) is 0 Å². The minimum absolute atomic E-state index is 0.156. The highest BCUT2D eigenvalue weighted by Gasteiger charge is 2.44. The van der Waals surface area contributed by atoms with Crippen LogP contribution >= 0.6 is 0 Å². The smallest absolute Gasteiger partial charge is 0.219 e. The maximum absolute atomic E-state index is 11.0. The maximum Gasteiger partial charge on any atom is 0.219 e. The Bertz CT molecular complexity index is 173. The van der Waals surface area contributed by atoms with Gasteiger partial charge in [0, 0.05) is 18.5 Å². The summed E-state index contributed by atoms with van der Waals surface area (Å²) in [6.07, 6.45) is 3.01. The second kappa shape index (κ2) is 3.44. The molecule has 1 aliphatic carbocycles. The van der Waals surface area contributed by atoms with Crippen molar-refractivity contribution in [1.29, 1.82) is 0 Å². The standard InChI is InChI=1S/C9H18N2O/c1-4-8(12)10-7-9(5-6-9)11(2)3/h4-7H2,1-3H3,(H,10,12). The Morgan fingerprint density at radius 3 is 2.42 bits per heavy atom. The van der Waals surface area contributed by atoms with Crippen molar-refractivity contribution in [3.8, 4) is 0 Å². The van der Waals surface area contributed by atoms with Gasteiger partial charge in [-0.15, -0.1) is 0 Å². The summed E-state index contributed by atoms with van der Waals surface area (Å²) in [6.45, 7) is 2.69. The molecule has 0 aromatic carbocycles. The lowest BCUT2D eigenvalue weighted by Crippen LogP contribution is -2.42. The summed E-state index contributed by atoms with van der Waals surface area (Å²) in [5.74, 6) is 0.156. The Labute approximate surface area is 74.1 Å². The van der Waals surface area contributed by atoms with Crippen LogP contribution in [0.2, 0.25) is 0 Å². The largest absolute Gasteiger partial charge is 0.354 e. The van der Waals surface area contributed by atoms with E-state index in [2.05, 4.69) is 24.3 Å². The number of rotatable bonds is 4. The number of likely N-dealkylation sites (N-methyl/N-ethyl adjacent to an activating group) is 1. The average molecular weight is 170 g/mol. The van der Waals surface area contributed by atoms with Crippen LogP contribution < -0.4 is 5.32 Å². The lowest BCUT2D eigenvalue weighted by molar-refractivity contribution is -0.121. The molecule has 0 aliphatic heterocycles. The van der Waals surface area contributed by atoms with Gasteiger partial charge in [0.05, 0.1) is 0 Å². The number of hydrogen-bond donors (Lipinski definition) is 1. The highest BCUT2D eigenvalue weighted by atomic mass is 16.1. The van der Waals surface area contributed by atoms with Gasteiger partial charge in [0.2, 0.25) is 5.91 Å². The van der Waals surface area contributed by atoms with Crippen molar-refractivity contribution in [2.24, 2.45) is 0 Å². The topological polar surface area (TPSA) is 32.3 Å². The third-order valence-electron chi connectivity index (χ3n) is 2.71. The molecule has 1 fully saturated rings. The van der Waals surface area contributed by atoms with Crippen LogP contribution in [0.4, 0.5) is 0 Å². The molecule has 1 amide bonds. The van der Waals surface area contributed by atoms with Gasteiger partial charge >= 0.3 is 0 Å². The second-order valence-corrected chi connectivity index (χ2v) is 3.75. The molecule has 0 radical (unpaired) electrons. The molecule has 12 heavy (non-hydrogen) atoms. The van der Waals surface area contributed by atoms with E-state index in [1.165, 1.54) is 12.8 Å². The van der Waals surface area contributed by atoms with E-state index in [1.54, 1.807) is 0 Å². The number of hydrogen-bond acceptors (Lipinski definition) is 2. The van der Waals surface area contributed by atoms with Crippen LogP contribution in [0.3, 0.4) is 0 Å². The maximum atomic E-state index is 11.0. The average Bonchev–Trinajstić information content (AvgIpc) is 2.81. The number of nitrogens with zero attached hydrogens (tertiary/aromatic N) is 1. The van der Waals surface area contributed by atoms with Crippen molar-refractivity contribution in [2.45, 2.75) is 31.7 Å². The molecule has 70 valence electrons. The Morgan fingerprint density at radius 1 is 1.50 bits per heavy atom. The Morgan fingerprint density at radius 2 is 2.08 bits per heavy atom. The number of nitrogens with one attached hydrogen (secondary N) is 1. The van der Waals surface area contributed by atoms with Gasteiger partial charge in [-0.25, -0.2) is 0 Å². The fourth-order valence-corrected chi connectivity index (χ4v) is 1.31. The first kappa shape index (κ1) is 9.52. The summed E-state index contributed by atoms with van der Waals surface area (Å²) in [4.78, 5) is 13.2. The Kier molecular flexibility index (Phi) is 2.73. The zero-order valence-corrected chi connectivity index (χ0v) is 8.18. The van der Waals surface area contributed by atoms with E-state index in [4.69, 9.17) is 0 Å². The van der Waals surface area contributed by atoms with Crippen molar-refractivity contribution >= 4 is 5.91 Å². The third kappa shape index (κ3) is 1.97. The number of amides is 1. The molecule has 3 heteroatoms. The molecule has 0 atom stereocenters. The lowest BCUT2D eigenvalue weighted by Gasteiger charge is -2.23. The Hall–Kier alpha value is -0.570. The molecular formula is C9H18N2O. The molecule has 0 aromatic rings. The highest BCUT2D eigenvalue weighted by Crippen LogP contribution is 2.39. The van der Waals surface area contributed by atoms with E-state index < -0.39 is 0 Å². The predicted molar refractivity (Wildman–Crippen MR) is 49.0 cm³/mol. The highest BCUT2D eigenvalue weighted by molar-refractivity contribution is 5.75. The zero-order valence-electron chi connectivity index (χ0n) is 8.18. The van der Waals surface area contributed by atoms with Crippen LogP contribution in [-0.2, 0) is 4.79 Å². The summed E-state index contributed by atoms with van der Waals surface area (Å²) in [5.41, 5.74) is 0.283. The van der Waals surface area contributed by atoms with E-state index >= 15 is 0 Å². The van der Waals surface area contributed by atoms with E-state index in [1.807, 2.05) is 6.92 Å². The molecule has 0 heterocycles. The molecule has 1 rings (SSSR count). The van der Waals surface area contributed by atoms with Crippen LogP contribution in [0.1, 0.15) is 26.2 Å². The van der Waals surface area contributed by atoms with E-state index in [9.17, 15) is 4.79 Å². The predicted octanol–water partition coefficient (Wildman–Crippen LogP) is 0.607. The molecule has 0 unspecified atom stereocenters. The first-order chi connectivity index (χ1) is 5.60. The number of carbonyl (C=O) groups excluding carboxylic acids is 1. The van der Waals surface area contributed by atoms with Crippen molar-refractivity contribution < 1.29 is 4.79 Å².